The van der Waals surface area contributed by atoms with Crippen LogP contribution in [0.5, 0.6) is 11.5 Å². The Bertz CT molecular complexity index is 1060. The average Bonchev–Trinajstić information content (AvgIpc) is 2.78. The predicted octanol–water partition coefficient (Wildman–Crippen LogP) is 3.29. The lowest BCUT2D eigenvalue weighted by molar-refractivity contribution is -0.127. The number of hydrogen-bond acceptors (Lipinski definition) is 5. The number of sulfonamides is 1. The number of methoxy groups -OCH3 is 1. The minimum absolute atomic E-state index is 0.157. The van der Waals surface area contributed by atoms with Crippen LogP contribution in [0.15, 0.2) is 53.4 Å². The summed E-state index contributed by atoms with van der Waals surface area (Å²) in [6.07, 6.45) is 3.19. The maximum atomic E-state index is 12.8. The van der Waals surface area contributed by atoms with Gasteiger partial charge in [-0.1, -0.05) is 23.7 Å². The van der Waals surface area contributed by atoms with Crippen molar-refractivity contribution < 1.29 is 22.7 Å². The third-order valence-electron chi connectivity index (χ3n) is 4.89. The number of carbonyl (C=O) groups excluding carboxylic acids is 1. The van der Waals surface area contributed by atoms with Gasteiger partial charge in [0.1, 0.15) is 0 Å². The second-order valence-corrected chi connectivity index (χ2v) is 9.24. The number of nitrogens with zero attached hydrogens (tertiary/aromatic N) is 2. The van der Waals surface area contributed by atoms with Crippen LogP contribution >= 0.6 is 11.6 Å². The molecule has 1 heterocycles. The number of hydrogen-bond donors (Lipinski definition) is 0. The number of benzene rings is 2. The number of rotatable bonds is 7. The molecule has 9 heteroatoms. The quantitative estimate of drug-likeness (QED) is 0.588. The lowest BCUT2D eigenvalue weighted by atomic mass is 10.2. The highest BCUT2D eigenvalue weighted by Crippen LogP contribution is 2.28. The van der Waals surface area contributed by atoms with Gasteiger partial charge in [0.2, 0.25) is 15.9 Å². The summed E-state index contributed by atoms with van der Waals surface area (Å²) in [5, 5.41) is 0.367. The highest BCUT2D eigenvalue weighted by atomic mass is 35.5. The summed E-state index contributed by atoms with van der Waals surface area (Å²) in [6, 6.07) is 11.6. The van der Waals surface area contributed by atoms with Crippen LogP contribution in [0.25, 0.3) is 6.08 Å². The standard InChI is InChI=1S/C22H25ClN2O5S/c1-3-30-20-9-7-17(15-21(20)29-2)8-10-22(26)24-11-13-25(14-12-24)31(27,28)19-6-4-5-18(23)16-19/h4-10,15-16H,3,11-14H2,1-2H3/b10-8-. The molecule has 1 amide bonds. The maximum Gasteiger partial charge on any atom is 0.246 e. The predicted molar refractivity (Wildman–Crippen MR) is 120 cm³/mol. The molecule has 2 aromatic carbocycles. The molecule has 0 N–H and O–H groups in total. The first-order valence-corrected chi connectivity index (χ1v) is 11.7. The second kappa shape index (κ2) is 10.2. The first kappa shape index (κ1) is 23.1. The zero-order valence-corrected chi connectivity index (χ0v) is 19.0. The molecule has 0 spiro atoms. The number of ether oxygens (including phenoxy) is 2. The molecule has 0 aromatic heterocycles. The number of piperazine rings is 1. The van der Waals surface area contributed by atoms with E-state index >= 15 is 0 Å². The molecule has 0 saturated carbocycles. The molecule has 166 valence electrons. The van der Waals surface area contributed by atoms with Crippen LogP contribution in [0.1, 0.15) is 12.5 Å². The van der Waals surface area contributed by atoms with Crippen molar-refractivity contribution in [3.8, 4) is 11.5 Å². The van der Waals surface area contributed by atoms with Crippen LogP contribution in [0.3, 0.4) is 0 Å². The van der Waals surface area contributed by atoms with E-state index in [1.807, 2.05) is 13.0 Å². The molecular formula is C22H25ClN2O5S. The summed E-state index contributed by atoms with van der Waals surface area (Å²) in [6.45, 7) is 3.51. The Balaban J connectivity index is 1.61. The number of halogens is 1. The van der Waals surface area contributed by atoms with Crippen LogP contribution in [-0.4, -0.2) is 63.4 Å². The third kappa shape index (κ3) is 5.58. The minimum Gasteiger partial charge on any atom is -0.493 e. The molecule has 7 nitrogen and oxygen atoms in total. The van der Waals surface area contributed by atoms with E-state index in [2.05, 4.69) is 0 Å². The molecule has 0 radical (unpaired) electrons. The lowest BCUT2D eigenvalue weighted by Crippen LogP contribution is -2.50. The van der Waals surface area contributed by atoms with E-state index in [4.69, 9.17) is 21.1 Å². The van der Waals surface area contributed by atoms with E-state index in [1.54, 1.807) is 42.4 Å². The van der Waals surface area contributed by atoms with Gasteiger partial charge in [-0.15, -0.1) is 0 Å². The Labute approximate surface area is 187 Å². The van der Waals surface area contributed by atoms with Crippen molar-refractivity contribution in [3.63, 3.8) is 0 Å². The molecule has 0 atom stereocenters. The molecule has 0 aliphatic carbocycles. The van der Waals surface area contributed by atoms with Crippen molar-refractivity contribution in [3.05, 3.63) is 59.1 Å². The van der Waals surface area contributed by atoms with Crippen molar-refractivity contribution in [2.75, 3.05) is 39.9 Å². The van der Waals surface area contributed by atoms with Gasteiger partial charge in [-0.2, -0.15) is 4.31 Å². The smallest absolute Gasteiger partial charge is 0.246 e. The van der Waals surface area contributed by atoms with Gasteiger partial charge in [-0.05, 0) is 48.9 Å². The van der Waals surface area contributed by atoms with Crippen LogP contribution in [-0.2, 0) is 14.8 Å². The molecule has 1 aliphatic rings. The molecule has 0 bridgehead atoms. The summed E-state index contributed by atoms with van der Waals surface area (Å²) in [7, 11) is -2.08. The summed E-state index contributed by atoms with van der Waals surface area (Å²) >= 11 is 5.92. The summed E-state index contributed by atoms with van der Waals surface area (Å²) in [4.78, 5) is 14.4. The van der Waals surface area contributed by atoms with Crippen molar-refractivity contribution >= 4 is 33.6 Å². The van der Waals surface area contributed by atoms with E-state index in [0.29, 0.717) is 36.2 Å². The average molecular weight is 465 g/mol. The molecular weight excluding hydrogens is 440 g/mol. The topological polar surface area (TPSA) is 76.2 Å². The number of carbonyl (C=O) groups is 1. The zero-order valence-electron chi connectivity index (χ0n) is 17.5. The largest absolute Gasteiger partial charge is 0.493 e. The van der Waals surface area contributed by atoms with E-state index < -0.39 is 10.0 Å². The van der Waals surface area contributed by atoms with Gasteiger partial charge in [-0.25, -0.2) is 8.42 Å². The molecule has 1 fully saturated rings. The fraction of sp³-hybridized carbons (Fsp3) is 0.318. The van der Waals surface area contributed by atoms with Gasteiger partial charge in [0, 0.05) is 37.3 Å². The number of amides is 1. The Hall–Kier alpha value is -2.55. The highest BCUT2D eigenvalue weighted by molar-refractivity contribution is 7.89. The van der Waals surface area contributed by atoms with Gasteiger partial charge in [0.05, 0.1) is 18.6 Å². The van der Waals surface area contributed by atoms with Gasteiger partial charge in [-0.3, -0.25) is 4.79 Å². The van der Waals surface area contributed by atoms with E-state index in [1.165, 1.54) is 22.5 Å². The van der Waals surface area contributed by atoms with Crippen LogP contribution in [0.2, 0.25) is 5.02 Å². The van der Waals surface area contributed by atoms with E-state index in [9.17, 15) is 13.2 Å². The SMILES string of the molecule is CCOc1ccc(/C=C\C(=O)N2CCN(S(=O)(=O)c3cccc(Cl)c3)CC2)cc1OC. The van der Waals surface area contributed by atoms with Crippen molar-refractivity contribution in [1.82, 2.24) is 9.21 Å². The molecule has 3 rings (SSSR count). The monoisotopic (exact) mass is 464 g/mol. The third-order valence-corrected chi connectivity index (χ3v) is 7.02. The first-order chi connectivity index (χ1) is 14.8. The van der Waals surface area contributed by atoms with Crippen molar-refractivity contribution in [2.24, 2.45) is 0 Å². The Morgan fingerprint density at radius 2 is 1.84 bits per heavy atom. The Kier molecular flexibility index (Phi) is 7.59. The van der Waals surface area contributed by atoms with Gasteiger partial charge in [0.25, 0.3) is 0 Å². The van der Waals surface area contributed by atoms with E-state index in [-0.39, 0.29) is 23.9 Å². The molecule has 0 unspecified atom stereocenters. The second-order valence-electron chi connectivity index (χ2n) is 6.86. The highest BCUT2D eigenvalue weighted by Gasteiger charge is 2.29. The molecule has 2 aromatic rings. The fourth-order valence-electron chi connectivity index (χ4n) is 3.26. The molecule has 1 aliphatic heterocycles. The van der Waals surface area contributed by atoms with Gasteiger partial charge < -0.3 is 14.4 Å². The lowest BCUT2D eigenvalue weighted by Gasteiger charge is -2.33. The Morgan fingerprint density at radius 3 is 2.48 bits per heavy atom. The van der Waals surface area contributed by atoms with Crippen molar-refractivity contribution in [1.29, 1.82) is 0 Å². The normalized spacial score (nSPS) is 15.3. The summed E-state index contributed by atoms with van der Waals surface area (Å²) in [5.74, 6) is 1.06. The zero-order chi connectivity index (χ0) is 22.4. The maximum absolute atomic E-state index is 12.8. The van der Waals surface area contributed by atoms with Gasteiger partial charge in [0.15, 0.2) is 11.5 Å². The summed E-state index contributed by atoms with van der Waals surface area (Å²) in [5.41, 5.74) is 0.802. The summed E-state index contributed by atoms with van der Waals surface area (Å²) < 4.78 is 37.8. The van der Waals surface area contributed by atoms with Crippen LogP contribution < -0.4 is 9.47 Å². The van der Waals surface area contributed by atoms with Crippen LogP contribution in [0, 0.1) is 0 Å². The van der Waals surface area contributed by atoms with Gasteiger partial charge >= 0.3 is 0 Å². The fourth-order valence-corrected chi connectivity index (χ4v) is 4.98. The van der Waals surface area contributed by atoms with E-state index in [0.717, 1.165) is 5.56 Å². The first-order valence-electron chi connectivity index (χ1n) is 9.88. The molecule has 1 saturated heterocycles. The minimum atomic E-state index is -3.64. The van der Waals surface area contributed by atoms with Crippen LogP contribution in [0.4, 0.5) is 0 Å². The van der Waals surface area contributed by atoms with Crippen molar-refractivity contribution in [2.45, 2.75) is 11.8 Å². The Morgan fingerprint density at radius 1 is 1.10 bits per heavy atom. The molecule has 31 heavy (non-hydrogen) atoms.